The average Bonchev–Trinajstić information content (AvgIpc) is 2.68. The van der Waals surface area contributed by atoms with Crippen LogP contribution >= 0.6 is 15.9 Å². The van der Waals surface area contributed by atoms with Gasteiger partial charge in [-0.2, -0.15) is 5.10 Å². The molecule has 17 heavy (non-hydrogen) atoms. The fourth-order valence-electron chi connectivity index (χ4n) is 1.76. The van der Waals surface area contributed by atoms with Crippen molar-refractivity contribution in [3.8, 4) is 0 Å². The lowest BCUT2D eigenvalue weighted by atomic mass is 10.1. The summed E-state index contributed by atoms with van der Waals surface area (Å²) in [6.07, 6.45) is 5.10. The molecule has 2 heterocycles. The fourth-order valence-corrected chi connectivity index (χ4v) is 2.34. The summed E-state index contributed by atoms with van der Waals surface area (Å²) in [5, 5.41) is 7.63. The Hall–Kier alpha value is -1.27. The van der Waals surface area contributed by atoms with E-state index < -0.39 is 0 Å². The minimum absolute atomic E-state index is 0.0184. The van der Waals surface area contributed by atoms with Crippen LogP contribution in [0.2, 0.25) is 0 Å². The van der Waals surface area contributed by atoms with Crippen molar-refractivity contribution in [2.45, 2.75) is 13.0 Å². The van der Waals surface area contributed by atoms with Crippen molar-refractivity contribution < 1.29 is 0 Å². The SMILES string of the molecule is CCNC(c1ccncn1)c1c(Br)cnn1C. The van der Waals surface area contributed by atoms with Gasteiger partial charge >= 0.3 is 0 Å². The number of hydrogen-bond acceptors (Lipinski definition) is 4. The number of halogens is 1. The van der Waals surface area contributed by atoms with Crippen LogP contribution in [0, 0.1) is 0 Å². The molecular formula is C11H14BrN5. The van der Waals surface area contributed by atoms with Gasteiger partial charge in [-0.25, -0.2) is 9.97 Å². The van der Waals surface area contributed by atoms with Gasteiger partial charge in [-0.3, -0.25) is 4.68 Å². The first-order valence-electron chi connectivity index (χ1n) is 5.40. The van der Waals surface area contributed by atoms with Crippen LogP contribution in [0.1, 0.15) is 24.4 Å². The van der Waals surface area contributed by atoms with E-state index in [0.29, 0.717) is 0 Å². The van der Waals surface area contributed by atoms with Gasteiger partial charge in [0.1, 0.15) is 6.33 Å². The van der Waals surface area contributed by atoms with Gasteiger partial charge in [0.25, 0.3) is 0 Å². The zero-order valence-electron chi connectivity index (χ0n) is 9.76. The second-order valence-electron chi connectivity index (χ2n) is 3.63. The maximum atomic E-state index is 4.30. The summed E-state index contributed by atoms with van der Waals surface area (Å²) in [6.45, 7) is 2.92. The highest BCUT2D eigenvalue weighted by atomic mass is 79.9. The molecule has 0 spiro atoms. The summed E-state index contributed by atoms with van der Waals surface area (Å²) in [5.41, 5.74) is 2.00. The number of aromatic nitrogens is 4. The van der Waals surface area contributed by atoms with Crippen molar-refractivity contribution >= 4 is 15.9 Å². The summed E-state index contributed by atoms with van der Waals surface area (Å²) < 4.78 is 2.82. The monoisotopic (exact) mass is 295 g/mol. The second kappa shape index (κ2) is 5.37. The lowest BCUT2D eigenvalue weighted by Crippen LogP contribution is -2.25. The summed E-state index contributed by atoms with van der Waals surface area (Å²) in [6, 6.07) is 1.93. The third kappa shape index (κ3) is 2.53. The van der Waals surface area contributed by atoms with Crippen LogP contribution < -0.4 is 5.32 Å². The van der Waals surface area contributed by atoms with Gasteiger partial charge < -0.3 is 5.32 Å². The molecule has 0 radical (unpaired) electrons. The second-order valence-corrected chi connectivity index (χ2v) is 4.48. The normalized spacial score (nSPS) is 12.6. The number of nitrogens with zero attached hydrogens (tertiary/aromatic N) is 4. The number of aryl methyl sites for hydroxylation is 1. The predicted molar refractivity (Wildman–Crippen MR) is 68.5 cm³/mol. The summed E-state index contributed by atoms with van der Waals surface area (Å²) >= 11 is 3.52. The molecule has 0 fully saturated rings. The molecule has 0 amide bonds. The minimum atomic E-state index is 0.0184. The van der Waals surface area contributed by atoms with Crippen molar-refractivity contribution in [1.29, 1.82) is 0 Å². The van der Waals surface area contributed by atoms with Crippen molar-refractivity contribution in [2.24, 2.45) is 7.05 Å². The summed E-state index contributed by atoms with van der Waals surface area (Å²) in [5.74, 6) is 0. The molecule has 1 unspecified atom stereocenters. The molecule has 0 saturated heterocycles. The Bertz CT molecular complexity index is 462. The van der Waals surface area contributed by atoms with Gasteiger partial charge in [0.05, 0.1) is 28.1 Å². The van der Waals surface area contributed by atoms with E-state index in [0.717, 1.165) is 22.4 Å². The molecule has 0 aromatic carbocycles. The first-order chi connectivity index (χ1) is 8.24. The lowest BCUT2D eigenvalue weighted by Gasteiger charge is -2.18. The Morgan fingerprint density at radius 3 is 2.88 bits per heavy atom. The maximum Gasteiger partial charge on any atom is 0.115 e. The zero-order valence-corrected chi connectivity index (χ0v) is 11.3. The third-order valence-electron chi connectivity index (χ3n) is 2.52. The minimum Gasteiger partial charge on any atom is -0.304 e. The van der Waals surface area contributed by atoms with Crippen LogP contribution in [-0.4, -0.2) is 26.3 Å². The van der Waals surface area contributed by atoms with E-state index in [9.17, 15) is 0 Å². The molecule has 0 aliphatic heterocycles. The molecule has 0 saturated carbocycles. The maximum absolute atomic E-state index is 4.30. The molecule has 6 heteroatoms. The van der Waals surface area contributed by atoms with Gasteiger partial charge in [-0.05, 0) is 28.5 Å². The Morgan fingerprint density at radius 1 is 1.53 bits per heavy atom. The van der Waals surface area contributed by atoms with Gasteiger partial charge in [0.2, 0.25) is 0 Å². The predicted octanol–water partition coefficient (Wildman–Crippen LogP) is 1.67. The van der Waals surface area contributed by atoms with Gasteiger partial charge in [0.15, 0.2) is 0 Å². The molecule has 1 N–H and O–H groups in total. The van der Waals surface area contributed by atoms with Crippen LogP contribution in [0.15, 0.2) is 29.3 Å². The molecule has 0 aliphatic carbocycles. The molecule has 1 atom stereocenters. The van der Waals surface area contributed by atoms with E-state index in [1.54, 1.807) is 18.7 Å². The van der Waals surface area contributed by atoms with E-state index in [1.165, 1.54) is 0 Å². The van der Waals surface area contributed by atoms with E-state index in [4.69, 9.17) is 0 Å². The first-order valence-corrected chi connectivity index (χ1v) is 6.20. The van der Waals surface area contributed by atoms with E-state index >= 15 is 0 Å². The quantitative estimate of drug-likeness (QED) is 0.932. The van der Waals surface area contributed by atoms with Crippen LogP contribution in [0.4, 0.5) is 0 Å². The Morgan fingerprint density at radius 2 is 2.35 bits per heavy atom. The van der Waals surface area contributed by atoms with Crippen LogP contribution in [0.25, 0.3) is 0 Å². The fraction of sp³-hybridized carbons (Fsp3) is 0.364. The number of hydrogen-bond donors (Lipinski definition) is 1. The van der Waals surface area contributed by atoms with Gasteiger partial charge in [-0.1, -0.05) is 6.92 Å². The molecule has 2 aromatic heterocycles. The van der Waals surface area contributed by atoms with Gasteiger partial charge in [0, 0.05) is 13.2 Å². The Kier molecular flexibility index (Phi) is 3.86. The summed E-state index contributed by atoms with van der Waals surface area (Å²) in [7, 11) is 1.92. The van der Waals surface area contributed by atoms with E-state index in [-0.39, 0.29) is 6.04 Å². The Balaban J connectivity index is 2.43. The Labute approximate surface area is 108 Å². The largest absolute Gasteiger partial charge is 0.304 e. The molecular weight excluding hydrogens is 282 g/mol. The van der Waals surface area contributed by atoms with Crippen molar-refractivity contribution in [1.82, 2.24) is 25.1 Å². The topological polar surface area (TPSA) is 55.6 Å². The molecule has 5 nitrogen and oxygen atoms in total. The summed E-state index contributed by atoms with van der Waals surface area (Å²) in [4.78, 5) is 8.24. The van der Waals surface area contributed by atoms with Crippen LogP contribution in [0.5, 0.6) is 0 Å². The highest BCUT2D eigenvalue weighted by Gasteiger charge is 2.20. The van der Waals surface area contributed by atoms with Crippen molar-refractivity contribution in [3.63, 3.8) is 0 Å². The smallest absolute Gasteiger partial charge is 0.115 e. The van der Waals surface area contributed by atoms with Crippen LogP contribution in [-0.2, 0) is 7.05 Å². The number of rotatable bonds is 4. The molecule has 90 valence electrons. The number of nitrogens with one attached hydrogen (secondary N) is 1. The third-order valence-corrected chi connectivity index (χ3v) is 3.13. The van der Waals surface area contributed by atoms with Crippen molar-refractivity contribution in [3.05, 3.63) is 40.6 Å². The lowest BCUT2D eigenvalue weighted by molar-refractivity contribution is 0.559. The standard InChI is InChI=1S/C11H14BrN5/c1-3-14-10(9-4-5-13-7-15-9)11-8(12)6-16-17(11)2/h4-7,10,14H,3H2,1-2H3. The highest BCUT2D eigenvalue weighted by molar-refractivity contribution is 9.10. The first kappa shape index (κ1) is 12.2. The van der Waals surface area contributed by atoms with E-state index in [1.807, 2.05) is 17.8 Å². The highest BCUT2D eigenvalue weighted by Crippen LogP contribution is 2.26. The zero-order chi connectivity index (χ0) is 12.3. The average molecular weight is 296 g/mol. The molecule has 0 bridgehead atoms. The van der Waals surface area contributed by atoms with Crippen LogP contribution in [0.3, 0.4) is 0 Å². The van der Waals surface area contributed by atoms with E-state index in [2.05, 4.69) is 43.2 Å². The molecule has 2 aromatic rings. The van der Waals surface area contributed by atoms with Crippen molar-refractivity contribution in [2.75, 3.05) is 6.54 Å². The molecule has 0 aliphatic rings. The molecule has 2 rings (SSSR count). The van der Waals surface area contributed by atoms with Gasteiger partial charge in [-0.15, -0.1) is 0 Å².